The first kappa shape index (κ1) is 13.5. The second kappa shape index (κ2) is 5.13. The Kier molecular flexibility index (Phi) is 3.29. The van der Waals surface area contributed by atoms with Gasteiger partial charge in [0.05, 0.1) is 11.2 Å². The third kappa shape index (κ3) is 2.33. The lowest BCUT2D eigenvalue weighted by Gasteiger charge is -2.13. The Hall–Kier alpha value is -2.49. The van der Waals surface area contributed by atoms with E-state index >= 15 is 0 Å². The van der Waals surface area contributed by atoms with Crippen LogP contribution in [0, 0.1) is 6.92 Å². The van der Waals surface area contributed by atoms with Crippen molar-refractivity contribution in [3.63, 3.8) is 0 Å². The van der Waals surface area contributed by atoms with Crippen LogP contribution in [0.2, 0.25) is 0 Å². The van der Waals surface area contributed by atoms with Crippen LogP contribution < -0.4 is 5.73 Å². The topological polar surface area (TPSA) is 64.7 Å². The van der Waals surface area contributed by atoms with E-state index in [9.17, 15) is 0 Å². The maximum absolute atomic E-state index is 6.07. The van der Waals surface area contributed by atoms with Crippen LogP contribution in [0.15, 0.2) is 36.5 Å². The van der Waals surface area contributed by atoms with Crippen molar-refractivity contribution in [1.29, 1.82) is 0 Å². The van der Waals surface area contributed by atoms with Crippen molar-refractivity contribution < 1.29 is 0 Å². The molecule has 0 spiro atoms. The molecule has 4 heteroatoms. The van der Waals surface area contributed by atoms with E-state index in [1.165, 1.54) is 0 Å². The molecule has 0 unspecified atom stereocenters. The van der Waals surface area contributed by atoms with Crippen LogP contribution in [0.3, 0.4) is 0 Å². The minimum Gasteiger partial charge on any atom is -0.383 e. The van der Waals surface area contributed by atoms with Gasteiger partial charge in [0.15, 0.2) is 0 Å². The molecule has 0 aliphatic carbocycles. The molecule has 106 valence electrons. The Bertz CT molecular complexity index is 804. The van der Waals surface area contributed by atoms with E-state index in [0.29, 0.717) is 5.82 Å². The van der Waals surface area contributed by atoms with E-state index in [2.05, 4.69) is 35.9 Å². The van der Waals surface area contributed by atoms with E-state index in [1.807, 2.05) is 25.1 Å². The SMILES string of the molecule is Cc1c(N)nc(C(C)C)nc1-c1cccc2ncccc12. The third-order valence-corrected chi connectivity index (χ3v) is 3.62. The molecular weight excluding hydrogens is 260 g/mol. The Labute approximate surface area is 124 Å². The van der Waals surface area contributed by atoms with Crippen LogP contribution in [0.1, 0.15) is 31.2 Å². The molecule has 0 atom stereocenters. The zero-order chi connectivity index (χ0) is 15.0. The zero-order valence-electron chi connectivity index (χ0n) is 12.5. The number of fused-ring (bicyclic) bond motifs is 1. The van der Waals surface area contributed by atoms with Gasteiger partial charge in [-0.15, -0.1) is 0 Å². The summed E-state index contributed by atoms with van der Waals surface area (Å²) in [5, 5.41) is 1.08. The first-order valence-electron chi connectivity index (χ1n) is 7.06. The maximum Gasteiger partial charge on any atom is 0.133 e. The van der Waals surface area contributed by atoms with Gasteiger partial charge in [0, 0.05) is 28.6 Å². The summed E-state index contributed by atoms with van der Waals surface area (Å²) >= 11 is 0. The highest BCUT2D eigenvalue weighted by Crippen LogP contribution is 2.31. The number of nitrogen functional groups attached to an aromatic ring is 1. The summed E-state index contributed by atoms with van der Waals surface area (Å²) in [5.74, 6) is 1.55. The first-order valence-corrected chi connectivity index (χ1v) is 7.06. The summed E-state index contributed by atoms with van der Waals surface area (Å²) in [6.07, 6.45) is 1.80. The second-order valence-electron chi connectivity index (χ2n) is 5.47. The number of rotatable bonds is 2. The molecule has 3 aromatic rings. The molecule has 2 heterocycles. The average Bonchev–Trinajstić information content (AvgIpc) is 2.49. The number of benzene rings is 1. The minimum absolute atomic E-state index is 0.236. The van der Waals surface area contributed by atoms with Crippen LogP contribution in [-0.2, 0) is 0 Å². The number of pyridine rings is 1. The Morgan fingerprint density at radius 2 is 1.86 bits per heavy atom. The number of hydrogen-bond donors (Lipinski definition) is 1. The normalized spacial score (nSPS) is 11.2. The van der Waals surface area contributed by atoms with Crippen LogP contribution in [-0.4, -0.2) is 15.0 Å². The summed E-state index contributed by atoms with van der Waals surface area (Å²) in [6.45, 7) is 6.10. The molecule has 1 aromatic carbocycles. The van der Waals surface area contributed by atoms with Crippen molar-refractivity contribution in [3.8, 4) is 11.3 Å². The summed E-state index contributed by atoms with van der Waals surface area (Å²) in [6, 6.07) is 10.1. The van der Waals surface area contributed by atoms with Crippen molar-refractivity contribution >= 4 is 16.7 Å². The maximum atomic E-state index is 6.07. The molecule has 2 N–H and O–H groups in total. The van der Waals surface area contributed by atoms with Gasteiger partial charge in [-0.25, -0.2) is 9.97 Å². The highest BCUT2D eigenvalue weighted by molar-refractivity contribution is 5.94. The van der Waals surface area contributed by atoms with Crippen LogP contribution >= 0.6 is 0 Å². The van der Waals surface area contributed by atoms with Crippen molar-refractivity contribution in [2.24, 2.45) is 0 Å². The summed E-state index contributed by atoms with van der Waals surface area (Å²) < 4.78 is 0. The third-order valence-electron chi connectivity index (χ3n) is 3.62. The fourth-order valence-electron chi connectivity index (χ4n) is 2.38. The second-order valence-corrected chi connectivity index (χ2v) is 5.47. The molecule has 4 nitrogen and oxygen atoms in total. The smallest absolute Gasteiger partial charge is 0.133 e. The van der Waals surface area contributed by atoms with Crippen LogP contribution in [0.5, 0.6) is 0 Å². The lowest BCUT2D eigenvalue weighted by molar-refractivity contribution is 0.776. The lowest BCUT2D eigenvalue weighted by Crippen LogP contribution is -2.06. The van der Waals surface area contributed by atoms with E-state index in [1.54, 1.807) is 6.20 Å². The van der Waals surface area contributed by atoms with Crippen LogP contribution in [0.25, 0.3) is 22.2 Å². The molecule has 2 aromatic heterocycles. The molecule has 0 saturated heterocycles. The van der Waals surface area contributed by atoms with Crippen molar-refractivity contribution in [2.45, 2.75) is 26.7 Å². The van der Waals surface area contributed by atoms with Gasteiger partial charge in [-0.3, -0.25) is 4.98 Å². The molecular formula is C17H18N4. The van der Waals surface area contributed by atoms with Gasteiger partial charge >= 0.3 is 0 Å². The number of nitrogens with two attached hydrogens (primary N) is 1. The quantitative estimate of drug-likeness (QED) is 0.776. The van der Waals surface area contributed by atoms with Crippen molar-refractivity contribution in [3.05, 3.63) is 47.9 Å². The molecule has 0 aliphatic heterocycles. The molecule has 3 rings (SSSR count). The van der Waals surface area contributed by atoms with Gasteiger partial charge in [-0.05, 0) is 19.1 Å². The van der Waals surface area contributed by atoms with E-state index in [0.717, 1.165) is 33.5 Å². The summed E-state index contributed by atoms with van der Waals surface area (Å²) in [4.78, 5) is 13.5. The number of hydrogen-bond acceptors (Lipinski definition) is 4. The molecule has 21 heavy (non-hydrogen) atoms. The summed E-state index contributed by atoms with van der Waals surface area (Å²) in [5.41, 5.74) is 9.89. The van der Waals surface area contributed by atoms with Gasteiger partial charge in [0.2, 0.25) is 0 Å². The number of nitrogens with zero attached hydrogens (tertiary/aromatic N) is 3. The first-order chi connectivity index (χ1) is 10.1. The van der Waals surface area contributed by atoms with Crippen molar-refractivity contribution in [1.82, 2.24) is 15.0 Å². The number of aromatic nitrogens is 3. The molecule has 0 amide bonds. The monoisotopic (exact) mass is 278 g/mol. The Balaban J connectivity index is 2.32. The van der Waals surface area contributed by atoms with Gasteiger partial charge in [-0.2, -0.15) is 0 Å². The fraction of sp³-hybridized carbons (Fsp3) is 0.235. The minimum atomic E-state index is 0.236. The lowest BCUT2D eigenvalue weighted by atomic mass is 10.0. The molecule has 0 saturated carbocycles. The average molecular weight is 278 g/mol. The fourth-order valence-corrected chi connectivity index (χ4v) is 2.38. The highest BCUT2D eigenvalue weighted by atomic mass is 15.0. The zero-order valence-corrected chi connectivity index (χ0v) is 12.5. The van der Waals surface area contributed by atoms with Gasteiger partial charge in [-0.1, -0.05) is 32.0 Å². The predicted molar refractivity (Wildman–Crippen MR) is 86.0 cm³/mol. The van der Waals surface area contributed by atoms with E-state index < -0.39 is 0 Å². The summed E-state index contributed by atoms with van der Waals surface area (Å²) in [7, 11) is 0. The standard InChI is InChI=1S/C17H18N4/c1-10(2)17-20-15(11(3)16(18)21-17)13-6-4-8-14-12(13)7-5-9-19-14/h4-10H,1-3H3,(H2,18,20,21). The Morgan fingerprint density at radius 3 is 2.62 bits per heavy atom. The molecule has 0 fully saturated rings. The van der Waals surface area contributed by atoms with Crippen molar-refractivity contribution in [2.75, 3.05) is 5.73 Å². The van der Waals surface area contributed by atoms with Crippen LogP contribution in [0.4, 0.5) is 5.82 Å². The van der Waals surface area contributed by atoms with Gasteiger partial charge < -0.3 is 5.73 Å². The molecule has 0 aliphatic rings. The predicted octanol–water partition coefficient (Wildman–Crippen LogP) is 3.71. The van der Waals surface area contributed by atoms with Gasteiger partial charge in [0.25, 0.3) is 0 Å². The molecule has 0 radical (unpaired) electrons. The van der Waals surface area contributed by atoms with E-state index in [4.69, 9.17) is 10.7 Å². The Morgan fingerprint density at radius 1 is 1.05 bits per heavy atom. The van der Waals surface area contributed by atoms with Gasteiger partial charge in [0.1, 0.15) is 11.6 Å². The highest BCUT2D eigenvalue weighted by Gasteiger charge is 2.14. The van der Waals surface area contributed by atoms with E-state index in [-0.39, 0.29) is 5.92 Å². The number of anilines is 1. The largest absolute Gasteiger partial charge is 0.383 e. The molecule has 0 bridgehead atoms.